The number of ketones is 1. The summed E-state index contributed by atoms with van der Waals surface area (Å²) in [5.74, 6) is 0.00670. The van der Waals surface area contributed by atoms with Crippen LogP contribution < -0.4 is 9.64 Å². The Bertz CT molecular complexity index is 886. The molecule has 2 aromatic carbocycles. The van der Waals surface area contributed by atoms with Crippen molar-refractivity contribution in [2.24, 2.45) is 0 Å². The molecule has 0 radical (unpaired) electrons. The molecule has 5 heteroatoms. The van der Waals surface area contributed by atoms with Crippen molar-refractivity contribution in [3.63, 3.8) is 0 Å². The zero-order valence-corrected chi connectivity index (χ0v) is 16.5. The number of hydrogen-bond acceptors (Lipinski definition) is 5. The summed E-state index contributed by atoms with van der Waals surface area (Å²) in [4.78, 5) is 26.2. The van der Waals surface area contributed by atoms with Crippen LogP contribution in [0, 0.1) is 0 Å². The molecule has 28 heavy (non-hydrogen) atoms. The number of nitrogens with zero attached hydrogens (tertiary/aromatic N) is 1. The zero-order valence-electron chi connectivity index (χ0n) is 16.5. The largest absolute Gasteiger partial charge is 0.493 e. The molecule has 146 valence electrons. The molecule has 0 aromatic heterocycles. The van der Waals surface area contributed by atoms with E-state index in [1.165, 1.54) is 5.56 Å². The lowest BCUT2D eigenvalue weighted by Gasteiger charge is -2.23. The van der Waals surface area contributed by atoms with Gasteiger partial charge in [-0.1, -0.05) is 50.2 Å². The number of likely N-dealkylation sites (N-methyl/N-ethyl adjacent to an activating group) is 1. The highest BCUT2D eigenvalue weighted by Crippen LogP contribution is 2.46. The molecule has 0 bridgehead atoms. The topological polar surface area (TPSA) is 55.8 Å². The van der Waals surface area contributed by atoms with Crippen LogP contribution in [0.15, 0.2) is 66.4 Å². The van der Waals surface area contributed by atoms with Gasteiger partial charge in [-0.2, -0.15) is 0 Å². The molecular weight excluding hydrogens is 354 g/mol. The molecule has 0 atom stereocenters. The number of hydrogen-bond donors (Lipinski definition) is 0. The highest BCUT2D eigenvalue weighted by Gasteiger charge is 2.38. The van der Waals surface area contributed by atoms with E-state index in [4.69, 9.17) is 9.47 Å². The fraction of sp³-hybridized carbons (Fsp3) is 0.304. The molecule has 1 aliphatic rings. The summed E-state index contributed by atoms with van der Waals surface area (Å²) in [5, 5.41) is 0. The lowest BCUT2D eigenvalue weighted by molar-refractivity contribution is -0.147. The maximum atomic E-state index is 12.4. The van der Waals surface area contributed by atoms with Crippen molar-refractivity contribution in [3.05, 3.63) is 71.9 Å². The van der Waals surface area contributed by atoms with Crippen LogP contribution in [0.5, 0.6) is 5.75 Å². The van der Waals surface area contributed by atoms with Gasteiger partial charge < -0.3 is 14.4 Å². The minimum Gasteiger partial charge on any atom is -0.493 e. The molecular formula is C23H25NO4. The van der Waals surface area contributed by atoms with Crippen molar-refractivity contribution in [2.45, 2.75) is 25.7 Å². The Morgan fingerprint density at radius 1 is 1.04 bits per heavy atom. The Morgan fingerprint density at radius 3 is 2.43 bits per heavy atom. The average molecular weight is 379 g/mol. The summed E-state index contributed by atoms with van der Waals surface area (Å²) in [7, 11) is 1.94. The third-order valence-electron chi connectivity index (χ3n) is 4.93. The minimum atomic E-state index is -0.454. The number of ether oxygens (including phenoxy) is 2. The number of esters is 1. The van der Waals surface area contributed by atoms with Crippen LogP contribution in [0.4, 0.5) is 5.69 Å². The Hall–Kier alpha value is -3.08. The third kappa shape index (κ3) is 4.25. The van der Waals surface area contributed by atoms with Crippen molar-refractivity contribution in [2.75, 3.05) is 25.2 Å². The number of anilines is 1. The lowest BCUT2D eigenvalue weighted by atomic mass is 9.83. The number of benzene rings is 2. The van der Waals surface area contributed by atoms with Crippen LogP contribution in [0.2, 0.25) is 0 Å². The van der Waals surface area contributed by atoms with Crippen LogP contribution in [-0.4, -0.2) is 32.0 Å². The van der Waals surface area contributed by atoms with Gasteiger partial charge in [0.05, 0.1) is 13.0 Å². The normalized spacial score (nSPS) is 16.0. The molecule has 0 aliphatic carbocycles. The summed E-state index contributed by atoms with van der Waals surface area (Å²) < 4.78 is 10.6. The molecule has 2 aromatic rings. The number of carbonyl (C=O) groups is 2. The molecule has 3 rings (SSSR count). The summed E-state index contributed by atoms with van der Waals surface area (Å²) in [5.41, 5.74) is 2.87. The third-order valence-corrected chi connectivity index (χ3v) is 4.93. The number of allylic oxidation sites excluding steroid dienone is 1. The second kappa shape index (κ2) is 8.30. The van der Waals surface area contributed by atoms with Crippen LogP contribution in [0.25, 0.3) is 0 Å². The van der Waals surface area contributed by atoms with E-state index in [1.54, 1.807) is 6.08 Å². The van der Waals surface area contributed by atoms with E-state index >= 15 is 0 Å². The van der Waals surface area contributed by atoms with Gasteiger partial charge in [0, 0.05) is 29.9 Å². The predicted octanol–water partition coefficient (Wildman–Crippen LogP) is 3.88. The first-order valence-corrected chi connectivity index (χ1v) is 9.31. The van der Waals surface area contributed by atoms with Crippen LogP contribution in [0.3, 0.4) is 0 Å². The van der Waals surface area contributed by atoms with Gasteiger partial charge in [0.25, 0.3) is 0 Å². The number of rotatable bonds is 7. The van der Waals surface area contributed by atoms with E-state index in [1.807, 2.05) is 60.5 Å². The first-order valence-electron chi connectivity index (χ1n) is 9.31. The number of fused-ring (bicyclic) bond motifs is 1. The Morgan fingerprint density at radius 2 is 1.71 bits per heavy atom. The van der Waals surface area contributed by atoms with Gasteiger partial charge in [-0.15, -0.1) is 0 Å². The zero-order chi connectivity index (χ0) is 20.1. The molecule has 1 aliphatic heterocycles. The number of carbonyl (C=O) groups excluding carboxylic acids is 2. The van der Waals surface area contributed by atoms with Crippen molar-refractivity contribution in [1.29, 1.82) is 0 Å². The van der Waals surface area contributed by atoms with Gasteiger partial charge in [0.15, 0.2) is 12.4 Å². The SMILES string of the molecule is CN1C(=CC(=O)COC(=O)CCOc2ccccc2)C(C)(C)c2ccccc21. The Labute approximate surface area is 165 Å². The molecule has 0 N–H and O–H groups in total. The van der Waals surface area contributed by atoms with Crippen molar-refractivity contribution >= 4 is 17.4 Å². The van der Waals surface area contributed by atoms with Crippen LogP contribution >= 0.6 is 0 Å². The Kier molecular flexibility index (Phi) is 5.83. The van der Waals surface area contributed by atoms with E-state index in [-0.39, 0.29) is 30.8 Å². The standard InChI is InChI=1S/C23H25NO4/c1-23(2)19-11-7-8-12-20(19)24(3)21(23)15-17(25)16-28-22(26)13-14-27-18-9-5-4-6-10-18/h4-12,15H,13-14,16H2,1-3H3. The molecule has 5 nitrogen and oxygen atoms in total. The predicted molar refractivity (Wildman–Crippen MR) is 108 cm³/mol. The van der Waals surface area contributed by atoms with E-state index in [0.717, 1.165) is 11.4 Å². The molecule has 0 amide bonds. The second-order valence-corrected chi connectivity index (χ2v) is 7.27. The minimum absolute atomic E-state index is 0.0928. The highest BCUT2D eigenvalue weighted by molar-refractivity contribution is 5.94. The Balaban J connectivity index is 1.52. The van der Waals surface area contributed by atoms with Gasteiger partial charge in [0.2, 0.25) is 0 Å². The quantitative estimate of drug-likeness (QED) is 0.540. The number of para-hydroxylation sites is 2. The van der Waals surface area contributed by atoms with Crippen LogP contribution in [-0.2, 0) is 19.7 Å². The second-order valence-electron chi connectivity index (χ2n) is 7.27. The monoisotopic (exact) mass is 379 g/mol. The summed E-state index contributed by atoms with van der Waals surface area (Å²) in [6.45, 7) is 4.11. The highest BCUT2D eigenvalue weighted by atomic mass is 16.5. The molecule has 0 unspecified atom stereocenters. The average Bonchev–Trinajstić information content (AvgIpc) is 2.88. The van der Waals surface area contributed by atoms with Crippen molar-refractivity contribution in [3.8, 4) is 5.75 Å². The first kappa shape index (κ1) is 19.7. The van der Waals surface area contributed by atoms with Gasteiger partial charge in [-0.05, 0) is 23.8 Å². The fourth-order valence-corrected chi connectivity index (χ4v) is 3.45. The van der Waals surface area contributed by atoms with E-state index in [2.05, 4.69) is 19.9 Å². The molecule has 0 saturated heterocycles. The van der Waals surface area contributed by atoms with Gasteiger partial charge in [-0.25, -0.2) is 0 Å². The van der Waals surface area contributed by atoms with E-state index in [0.29, 0.717) is 5.75 Å². The van der Waals surface area contributed by atoms with Gasteiger partial charge in [0.1, 0.15) is 5.75 Å². The van der Waals surface area contributed by atoms with Crippen molar-refractivity contribution < 1.29 is 19.1 Å². The maximum absolute atomic E-state index is 12.4. The smallest absolute Gasteiger partial charge is 0.309 e. The van der Waals surface area contributed by atoms with Crippen LogP contribution in [0.1, 0.15) is 25.8 Å². The lowest BCUT2D eigenvalue weighted by Crippen LogP contribution is -2.25. The molecule has 0 fully saturated rings. The fourth-order valence-electron chi connectivity index (χ4n) is 3.45. The van der Waals surface area contributed by atoms with Crippen molar-refractivity contribution in [1.82, 2.24) is 0 Å². The molecule has 0 saturated carbocycles. The first-order chi connectivity index (χ1) is 13.4. The summed E-state index contributed by atoms with van der Waals surface area (Å²) >= 11 is 0. The van der Waals surface area contributed by atoms with Gasteiger partial charge >= 0.3 is 5.97 Å². The van der Waals surface area contributed by atoms with E-state index < -0.39 is 5.97 Å². The van der Waals surface area contributed by atoms with Gasteiger partial charge in [-0.3, -0.25) is 9.59 Å². The molecule has 1 heterocycles. The summed E-state index contributed by atoms with van der Waals surface area (Å²) in [6.07, 6.45) is 1.67. The van der Waals surface area contributed by atoms with E-state index in [9.17, 15) is 9.59 Å². The molecule has 0 spiro atoms. The summed E-state index contributed by atoms with van der Waals surface area (Å²) in [6, 6.07) is 17.3. The maximum Gasteiger partial charge on any atom is 0.309 e.